The van der Waals surface area contributed by atoms with E-state index in [2.05, 4.69) is 56.3 Å². The zero-order chi connectivity index (χ0) is 19.6. The van der Waals surface area contributed by atoms with Crippen molar-refractivity contribution in [1.82, 2.24) is 0 Å². The van der Waals surface area contributed by atoms with E-state index in [1.807, 2.05) is 0 Å². The van der Waals surface area contributed by atoms with E-state index in [9.17, 15) is 0 Å². The molecule has 0 aromatic heterocycles. The van der Waals surface area contributed by atoms with Gasteiger partial charge in [0.1, 0.15) is 5.75 Å². The van der Waals surface area contributed by atoms with Crippen molar-refractivity contribution in [2.45, 2.75) is 84.5 Å². The van der Waals surface area contributed by atoms with Gasteiger partial charge >= 0.3 is 0 Å². The van der Waals surface area contributed by atoms with Crippen LogP contribution in [0.2, 0.25) is 0 Å². The van der Waals surface area contributed by atoms with Gasteiger partial charge in [-0.05, 0) is 71.7 Å². The molecule has 0 saturated carbocycles. The summed E-state index contributed by atoms with van der Waals surface area (Å²) in [5, 5.41) is 2.59. The molecule has 0 spiro atoms. The summed E-state index contributed by atoms with van der Waals surface area (Å²) in [6.45, 7) is 5.22. The maximum absolute atomic E-state index is 5.77. The second-order valence-electron chi connectivity index (χ2n) is 8.50. The van der Waals surface area contributed by atoms with E-state index in [4.69, 9.17) is 4.74 Å². The molecule has 0 bridgehead atoms. The van der Waals surface area contributed by atoms with Crippen LogP contribution in [0.1, 0.15) is 90.0 Å². The lowest BCUT2D eigenvalue weighted by Crippen LogP contribution is -2.05. The highest BCUT2D eigenvalue weighted by molar-refractivity contribution is 5.87. The molecule has 1 heteroatoms. The monoisotopic (exact) mass is 378 g/mol. The van der Waals surface area contributed by atoms with Crippen molar-refractivity contribution in [2.24, 2.45) is 5.92 Å². The molecule has 28 heavy (non-hydrogen) atoms. The van der Waals surface area contributed by atoms with E-state index in [1.54, 1.807) is 5.57 Å². The molecule has 1 unspecified atom stereocenters. The van der Waals surface area contributed by atoms with Crippen LogP contribution in [0.4, 0.5) is 0 Å². The van der Waals surface area contributed by atoms with E-state index in [1.165, 1.54) is 80.5 Å². The van der Waals surface area contributed by atoms with E-state index < -0.39 is 0 Å². The van der Waals surface area contributed by atoms with Gasteiger partial charge in [-0.15, -0.1) is 0 Å². The third-order valence-corrected chi connectivity index (χ3v) is 6.14. The van der Waals surface area contributed by atoms with E-state index >= 15 is 0 Å². The minimum Gasteiger partial charge on any atom is -0.494 e. The average molecular weight is 379 g/mol. The Balaban J connectivity index is 1.52. The van der Waals surface area contributed by atoms with Gasteiger partial charge in [-0.1, -0.05) is 83.1 Å². The molecule has 0 radical (unpaired) electrons. The van der Waals surface area contributed by atoms with Crippen LogP contribution in [0.3, 0.4) is 0 Å². The molecule has 0 saturated heterocycles. The largest absolute Gasteiger partial charge is 0.494 e. The summed E-state index contributed by atoms with van der Waals surface area (Å²) in [5.41, 5.74) is 2.96. The number of hydrogen-bond donors (Lipinski definition) is 0. The van der Waals surface area contributed by atoms with Gasteiger partial charge in [-0.3, -0.25) is 0 Å². The van der Waals surface area contributed by atoms with Gasteiger partial charge in [0.2, 0.25) is 0 Å². The van der Waals surface area contributed by atoms with Crippen molar-refractivity contribution >= 4 is 16.3 Å². The number of hydrogen-bond acceptors (Lipinski definition) is 1. The Morgan fingerprint density at radius 3 is 2.43 bits per heavy atom. The number of ether oxygens (including phenoxy) is 1. The van der Waals surface area contributed by atoms with E-state index in [-0.39, 0.29) is 0 Å². The molecular formula is C27H38O. The number of rotatable bonds is 11. The molecule has 0 heterocycles. The topological polar surface area (TPSA) is 9.23 Å². The van der Waals surface area contributed by atoms with Crippen molar-refractivity contribution in [3.63, 3.8) is 0 Å². The normalized spacial score (nSPS) is 16.9. The predicted octanol–water partition coefficient (Wildman–Crippen LogP) is 8.56. The molecule has 2 aromatic carbocycles. The van der Waals surface area contributed by atoms with Crippen molar-refractivity contribution in [3.8, 4) is 5.75 Å². The fourth-order valence-corrected chi connectivity index (χ4v) is 4.36. The van der Waals surface area contributed by atoms with Gasteiger partial charge in [-0.2, -0.15) is 0 Å². The molecule has 152 valence electrons. The number of fused-ring (bicyclic) bond motifs is 1. The first-order valence-corrected chi connectivity index (χ1v) is 11.7. The Labute approximate surface area is 172 Å². The Bertz CT molecular complexity index is 758. The van der Waals surface area contributed by atoms with Crippen LogP contribution in [0, 0.1) is 5.92 Å². The molecule has 0 fully saturated rings. The molecule has 0 aliphatic heterocycles. The summed E-state index contributed by atoms with van der Waals surface area (Å²) in [4.78, 5) is 0. The summed E-state index contributed by atoms with van der Waals surface area (Å²) in [6.07, 6.45) is 17.3. The maximum Gasteiger partial charge on any atom is 0.119 e. The van der Waals surface area contributed by atoms with E-state index in [0.29, 0.717) is 0 Å². The fraction of sp³-hybridized carbons (Fsp3) is 0.556. The summed E-state index contributed by atoms with van der Waals surface area (Å²) in [5.74, 6) is 1.89. The Kier molecular flexibility index (Phi) is 8.45. The lowest BCUT2D eigenvalue weighted by atomic mass is 9.83. The third-order valence-electron chi connectivity index (χ3n) is 6.14. The van der Waals surface area contributed by atoms with Crippen LogP contribution in [-0.2, 0) is 0 Å². The molecule has 3 rings (SSSR count). The third kappa shape index (κ3) is 6.12. The molecule has 0 amide bonds. The van der Waals surface area contributed by atoms with Crippen LogP contribution in [0.15, 0.2) is 42.5 Å². The molecule has 1 aliphatic rings. The van der Waals surface area contributed by atoms with Crippen molar-refractivity contribution in [1.29, 1.82) is 0 Å². The highest BCUT2D eigenvalue weighted by Crippen LogP contribution is 2.34. The summed E-state index contributed by atoms with van der Waals surface area (Å²) in [6, 6.07) is 13.4. The van der Waals surface area contributed by atoms with Crippen LogP contribution >= 0.6 is 0 Å². The first kappa shape index (κ1) is 21.0. The number of benzene rings is 2. The van der Waals surface area contributed by atoms with Gasteiger partial charge in [0.25, 0.3) is 0 Å². The highest BCUT2D eigenvalue weighted by Gasteiger charge is 2.15. The summed E-state index contributed by atoms with van der Waals surface area (Å²) in [7, 11) is 0. The Morgan fingerprint density at radius 2 is 1.64 bits per heavy atom. The Morgan fingerprint density at radius 1 is 0.857 bits per heavy atom. The van der Waals surface area contributed by atoms with E-state index in [0.717, 1.165) is 24.7 Å². The predicted molar refractivity (Wildman–Crippen MR) is 123 cm³/mol. The number of unbranched alkanes of at least 4 members (excludes halogenated alkanes) is 5. The summed E-state index contributed by atoms with van der Waals surface area (Å²) < 4.78 is 5.77. The zero-order valence-corrected chi connectivity index (χ0v) is 18.0. The zero-order valence-electron chi connectivity index (χ0n) is 18.0. The fourth-order valence-electron chi connectivity index (χ4n) is 4.36. The second-order valence-corrected chi connectivity index (χ2v) is 8.50. The lowest BCUT2D eigenvalue weighted by molar-refractivity contribution is 0.318. The summed E-state index contributed by atoms with van der Waals surface area (Å²) >= 11 is 0. The smallest absolute Gasteiger partial charge is 0.119 e. The second kappa shape index (κ2) is 11.3. The van der Waals surface area contributed by atoms with Gasteiger partial charge in [0.15, 0.2) is 0 Å². The SMILES string of the molecule is CCCCCCCCC1CC=C(c2ccc3cc(OCCC)ccc3c2)CC1. The minimum atomic E-state index is 0.788. The molecule has 1 atom stereocenters. The number of allylic oxidation sites excluding steroid dienone is 2. The maximum atomic E-state index is 5.77. The lowest BCUT2D eigenvalue weighted by Gasteiger charge is -2.22. The van der Waals surface area contributed by atoms with Crippen molar-refractivity contribution in [3.05, 3.63) is 48.0 Å². The van der Waals surface area contributed by atoms with Gasteiger partial charge in [0.05, 0.1) is 6.61 Å². The van der Waals surface area contributed by atoms with Crippen molar-refractivity contribution in [2.75, 3.05) is 6.61 Å². The van der Waals surface area contributed by atoms with Gasteiger partial charge in [0, 0.05) is 0 Å². The first-order chi connectivity index (χ1) is 13.8. The molecule has 1 nitrogen and oxygen atoms in total. The van der Waals surface area contributed by atoms with Crippen LogP contribution in [0.5, 0.6) is 5.75 Å². The Hall–Kier alpha value is -1.76. The molecule has 0 N–H and O–H groups in total. The highest BCUT2D eigenvalue weighted by atomic mass is 16.5. The minimum absolute atomic E-state index is 0.788. The van der Waals surface area contributed by atoms with Gasteiger partial charge < -0.3 is 4.74 Å². The molecule has 1 aliphatic carbocycles. The average Bonchev–Trinajstić information content (AvgIpc) is 2.74. The quantitative estimate of drug-likeness (QED) is 0.356. The standard InChI is InChI=1S/C27H38O/c1-3-5-6-7-8-9-10-22-11-13-23(14-12-22)24-15-16-26-21-27(28-19-4-2)18-17-25(26)20-24/h13,15-18,20-22H,3-12,14,19H2,1-2H3. The van der Waals surface area contributed by atoms with Gasteiger partial charge in [-0.25, -0.2) is 0 Å². The van der Waals surface area contributed by atoms with Crippen molar-refractivity contribution < 1.29 is 4.74 Å². The molecular weight excluding hydrogens is 340 g/mol. The van der Waals surface area contributed by atoms with Crippen LogP contribution in [-0.4, -0.2) is 6.61 Å². The van der Waals surface area contributed by atoms with Crippen LogP contribution in [0.25, 0.3) is 16.3 Å². The van der Waals surface area contributed by atoms with Crippen LogP contribution < -0.4 is 4.74 Å². The molecule has 2 aromatic rings. The first-order valence-electron chi connectivity index (χ1n) is 11.7.